The molecule has 3 heteroatoms. The van der Waals surface area contributed by atoms with Crippen LogP contribution in [-0.2, 0) is 0 Å². The molecule has 2 unspecified atom stereocenters. The minimum absolute atomic E-state index is 0.649. The van der Waals surface area contributed by atoms with Crippen LogP contribution in [-0.4, -0.2) is 9.78 Å². The molecule has 1 aliphatic carbocycles. The topological polar surface area (TPSA) is 17.8 Å². The Bertz CT molecular complexity index is 357. The lowest BCUT2D eigenvalue weighted by molar-refractivity contribution is 0.263. The molecule has 1 heterocycles. The summed E-state index contributed by atoms with van der Waals surface area (Å²) in [6.45, 7) is 6.67. The summed E-state index contributed by atoms with van der Waals surface area (Å²) in [4.78, 5) is 0. The van der Waals surface area contributed by atoms with Crippen LogP contribution in [0.5, 0.6) is 0 Å². The van der Waals surface area contributed by atoms with Gasteiger partial charge in [0.2, 0.25) is 0 Å². The molecule has 2 nitrogen and oxygen atoms in total. The predicted octanol–water partition coefficient (Wildman–Crippen LogP) is 3.86. The van der Waals surface area contributed by atoms with Crippen LogP contribution >= 0.6 is 22.6 Å². The van der Waals surface area contributed by atoms with Gasteiger partial charge in [0.05, 0.1) is 15.3 Å². The van der Waals surface area contributed by atoms with Crippen molar-refractivity contribution < 1.29 is 0 Å². The van der Waals surface area contributed by atoms with Gasteiger partial charge in [-0.1, -0.05) is 19.8 Å². The van der Waals surface area contributed by atoms with Crippen molar-refractivity contribution >= 4 is 22.6 Å². The molecule has 84 valence electrons. The molecule has 1 aliphatic rings. The Kier molecular flexibility index (Phi) is 3.38. The highest BCUT2D eigenvalue weighted by Crippen LogP contribution is 2.33. The van der Waals surface area contributed by atoms with Gasteiger partial charge in [0.25, 0.3) is 0 Å². The van der Waals surface area contributed by atoms with E-state index in [1.165, 1.54) is 40.6 Å². The number of aryl methyl sites for hydroxylation is 1. The van der Waals surface area contributed by atoms with Gasteiger partial charge in [-0.05, 0) is 55.2 Å². The highest BCUT2D eigenvalue weighted by atomic mass is 127. The Hall–Kier alpha value is -0.0600. The number of nitrogens with zero attached hydrogens (tertiary/aromatic N) is 2. The van der Waals surface area contributed by atoms with Gasteiger partial charge in [0.1, 0.15) is 0 Å². The SMILES string of the molecule is Cc1nn(C2CCCC(C)C2)c(C)c1I. The van der Waals surface area contributed by atoms with Gasteiger partial charge in [-0.25, -0.2) is 0 Å². The molecule has 0 amide bonds. The number of halogens is 1. The van der Waals surface area contributed by atoms with Gasteiger partial charge in [0, 0.05) is 5.69 Å². The van der Waals surface area contributed by atoms with Crippen molar-refractivity contribution in [3.63, 3.8) is 0 Å². The average molecular weight is 318 g/mol. The number of aromatic nitrogens is 2. The smallest absolute Gasteiger partial charge is 0.0730 e. The standard InChI is InChI=1S/C12H19IN2/c1-8-5-4-6-11(7-8)15-10(3)12(13)9(2)14-15/h8,11H,4-7H2,1-3H3. The second-order valence-electron chi connectivity index (χ2n) is 4.85. The zero-order valence-corrected chi connectivity index (χ0v) is 11.9. The third kappa shape index (κ3) is 2.22. The monoisotopic (exact) mass is 318 g/mol. The summed E-state index contributed by atoms with van der Waals surface area (Å²) in [7, 11) is 0. The van der Waals surface area contributed by atoms with Gasteiger partial charge in [0.15, 0.2) is 0 Å². The van der Waals surface area contributed by atoms with E-state index in [1.807, 2.05) is 0 Å². The highest BCUT2D eigenvalue weighted by Gasteiger charge is 2.23. The molecule has 2 atom stereocenters. The summed E-state index contributed by atoms with van der Waals surface area (Å²) in [6.07, 6.45) is 5.37. The van der Waals surface area contributed by atoms with Gasteiger partial charge >= 0.3 is 0 Å². The summed E-state index contributed by atoms with van der Waals surface area (Å²) in [6, 6.07) is 0.649. The molecule has 15 heavy (non-hydrogen) atoms. The van der Waals surface area contributed by atoms with E-state index < -0.39 is 0 Å². The van der Waals surface area contributed by atoms with Crippen molar-refractivity contribution in [1.82, 2.24) is 9.78 Å². The molecule has 0 bridgehead atoms. The first-order chi connectivity index (χ1) is 7.09. The van der Waals surface area contributed by atoms with Crippen LogP contribution in [0.2, 0.25) is 0 Å². The van der Waals surface area contributed by atoms with Gasteiger partial charge < -0.3 is 0 Å². The molecule has 1 fully saturated rings. The van der Waals surface area contributed by atoms with Crippen molar-refractivity contribution in [2.75, 3.05) is 0 Å². The fourth-order valence-electron chi connectivity index (χ4n) is 2.62. The summed E-state index contributed by atoms with van der Waals surface area (Å²) >= 11 is 2.41. The molecule has 1 saturated carbocycles. The van der Waals surface area contributed by atoms with E-state index in [1.54, 1.807) is 0 Å². The molecule has 0 radical (unpaired) electrons. The Morgan fingerprint density at radius 3 is 2.60 bits per heavy atom. The van der Waals surface area contributed by atoms with Gasteiger partial charge in [-0.2, -0.15) is 5.10 Å². The van der Waals surface area contributed by atoms with E-state index >= 15 is 0 Å². The molecule has 0 saturated heterocycles. The first kappa shape index (κ1) is 11.4. The molecule has 2 rings (SSSR count). The van der Waals surface area contributed by atoms with Crippen molar-refractivity contribution in [2.45, 2.75) is 52.5 Å². The second kappa shape index (κ2) is 4.44. The molecule has 0 spiro atoms. The Balaban J connectivity index is 2.25. The van der Waals surface area contributed by atoms with E-state index in [0.29, 0.717) is 6.04 Å². The van der Waals surface area contributed by atoms with Crippen molar-refractivity contribution in [1.29, 1.82) is 0 Å². The maximum atomic E-state index is 4.68. The van der Waals surface area contributed by atoms with Gasteiger partial charge in [-0.3, -0.25) is 4.68 Å². The van der Waals surface area contributed by atoms with Crippen LogP contribution in [0.3, 0.4) is 0 Å². The van der Waals surface area contributed by atoms with Crippen LogP contribution in [0.25, 0.3) is 0 Å². The van der Waals surface area contributed by atoms with Crippen LogP contribution in [0.4, 0.5) is 0 Å². The molecule has 1 aromatic rings. The van der Waals surface area contributed by atoms with E-state index in [0.717, 1.165) is 5.92 Å². The third-order valence-corrected chi connectivity index (χ3v) is 5.05. The number of hydrogen-bond acceptors (Lipinski definition) is 1. The summed E-state index contributed by atoms with van der Waals surface area (Å²) in [5, 5.41) is 4.68. The zero-order chi connectivity index (χ0) is 11.0. The zero-order valence-electron chi connectivity index (χ0n) is 9.76. The normalized spacial score (nSPS) is 26.9. The Morgan fingerprint density at radius 2 is 2.07 bits per heavy atom. The molecular weight excluding hydrogens is 299 g/mol. The summed E-state index contributed by atoms with van der Waals surface area (Å²) in [5.41, 5.74) is 2.54. The minimum atomic E-state index is 0.649. The van der Waals surface area contributed by atoms with Gasteiger partial charge in [-0.15, -0.1) is 0 Å². The maximum absolute atomic E-state index is 4.68. The lowest BCUT2D eigenvalue weighted by atomic mass is 9.87. The molecule has 0 aromatic carbocycles. The second-order valence-corrected chi connectivity index (χ2v) is 5.93. The van der Waals surface area contributed by atoms with Crippen molar-refractivity contribution in [3.8, 4) is 0 Å². The van der Waals surface area contributed by atoms with Crippen molar-refractivity contribution in [3.05, 3.63) is 15.0 Å². The summed E-state index contributed by atoms with van der Waals surface area (Å²) in [5.74, 6) is 0.866. The van der Waals surface area contributed by atoms with E-state index in [-0.39, 0.29) is 0 Å². The number of rotatable bonds is 1. The van der Waals surface area contributed by atoms with E-state index in [9.17, 15) is 0 Å². The molecular formula is C12H19IN2. The third-order valence-electron chi connectivity index (χ3n) is 3.49. The first-order valence-corrected chi connectivity index (χ1v) is 6.88. The van der Waals surface area contributed by atoms with Crippen molar-refractivity contribution in [2.24, 2.45) is 5.92 Å². The Morgan fingerprint density at radius 1 is 1.33 bits per heavy atom. The highest BCUT2D eigenvalue weighted by molar-refractivity contribution is 14.1. The minimum Gasteiger partial charge on any atom is -0.265 e. The quantitative estimate of drug-likeness (QED) is 0.719. The average Bonchev–Trinajstić information content (AvgIpc) is 2.46. The summed E-state index contributed by atoms with van der Waals surface area (Å²) < 4.78 is 3.61. The molecule has 0 N–H and O–H groups in total. The number of hydrogen-bond donors (Lipinski definition) is 0. The van der Waals surface area contributed by atoms with Crippen LogP contribution in [0.1, 0.15) is 50.0 Å². The fraction of sp³-hybridized carbons (Fsp3) is 0.750. The maximum Gasteiger partial charge on any atom is 0.0730 e. The fourth-order valence-corrected chi connectivity index (χ4v) is 2.98. The lowest BCUT2D eigenvalue weighted by Crippen LogP contribution is -2.19. The van der Waals surface area contributed by atoms with Crippen LogP contribution < -0.4 is 0 Å². The molecule has 0 aliphatic heterocycles. The van der Waals surface area contributed by atoms with Crippen LogP contribution in [0, 0.1) is 23.3 Å². The predicted molar refractivity (Wildman–Crippen MR) is 71.1 cm³/mol. The lowest BCUT2D eigenvalue weighted by Gasteiger charge is -2.27. The largest absolute Gasteiger partial charge is 0.265 e. The first-order valence-electron chi connectivity index (χ1n) is 5.80. The molecule has 1 aromatic heterocycles. The van der Waals surface area contributed by atoms with E-state index in [4.69, 9.17) is 0 Å². The van der Waals surface area contributed by atoms with Crippen LogP contribution in [0.15, 0.2) is 0 Å². The van der Waals surface area contributed by atoms with E-state index in [2.05, 4.69) is 53.1 Å². The Labute approximate surface area is 106 Å².